The molecule has 0 bridgehead atoms. The van der Waals surface area contributed by atoms with E-state index in [-0.39, 0.29) is 11.2 Å². The van der Waals surface area contributed by atoms with E-state index in [4.69, 9.17) is 5.73 Å². The van der Waals surface area contributed by atoms with Gasteiger partial charge in [0.1, 0.15) is 5.82 Å². The van der Waals surface area contributed by atoms with Gasteiger partial charge in [-0.05, 0) is 19.3 Å². The van der Waals surface area contributed by atoms with Crippen molar-refractivity contribution >= 4 is 17.7 Å². The molecule has 3 N–H and O–H groups in total. The summed E-state index contributed by atoms with van der Waals surface area (Å²) in [6, 6.07) is 0. The highest BCUT2D eigenvalue weighted by molar-refractivity contribution is 8.00. The Balaban J connectivity index is 2.12. The Kier molecular flexibility index (Phi) is 5.21. The molecule has 1 amide bonds. The van der Waals surface area contributed by atoms with Crippen molar-refractivity contribution in [3.63, 3.8) is 0 Å². The van der Waals surface area contributed by atoms with Crippen LogP contribution in [0.15, 0.2) is 5.16 Å². The lowest BCUT2D eigenvalue weighted by atomic mass is 10.2. The largest absolute Gasteiger partial charge is 0.355 e. The molecule has 1 saturated heterocycles. The molecule has 2 rings (SSSR count). The van der Waals surface area contributed by atoms with Gasteiger partial charge in [0.15, 0.2) is 5.16 Å². The monoisotopic (exact) mass is 283 g/mol. The quantitative estimate of drug-likeness (QED) is 0.839. The maximum absolute atomic E-state index is 12.0. The highest BCUT2D eigenvalue weighted by Crippen LogP contribution is 2.27. The molecule has 6 nitrogen and oxygen atoms in total. The van der Waals surface area contributed by atoms with E-state index in [1.807, 2.05) is 4.57 Å². The summed E-state index contributed by atoms with van der Waals surface area (Å²) < 4.78 is 2.03. The number of amides is 1. The van der Waals surface area contributed by atoms with Crippen LogP contribution in [0.5, 0.6) is 0 Å². The molecule has 1 aromatic heterocycles. The average Bonchev–Trinajstić information content (AvgIpc) is 2.67. The topological polar surface area (TPSA) is 85.8 Å². The van der Waals surface area contributed by atoms with Gasteiger partial charge in [0.2, 0.25) is 5.91 Å². The third-order valence-corrected chi connectivity index (χ3v) is 4.40. The van der Waals surface area contributed by atoms with Crippen LogP contribution >= 0.6 is 11.8 Å². The SMILES string of the molecule is CCCn1c(CN)nnc1SC1CCCCNC1=O. The smallest absolute Gasteiger partial charge is 0.233 e. The maximum Gasteiger partial charge on any atom is 0.233 e. The summed E-state index contributed by atoms with van der Waals surface area (Å²) in [5, 5.41) is 12.0. The number of nitrogens with zero attached hydrogens (tertiary/aromatic N) is 3. The predicted octanol–water partition coefficient (Wildman–Crippen LogP) is 0.908. The van der Waals surface area contributed by atoms with E-state index in [9.17, 15) is 4.79 Å². The molecular weight excluding hydrogens is 262 g/mol. The summed E-state index contributed by atoms with van der Waals surface area (Å²) in [4.78, 5) is 12.0. The number of nitrogens with one attached hydrogen (secondary N) is 1. The van der Waals surface area contributed by atoms with Gasteiger partial charge in [0.05, 0.1) is 11.8 Å². The molecule has 0 aromatic carbocycles. The van der Waals surface area contributed by atoms with Gasteiger partial charge in [0.25, 0.3) is 0 Å². The van der Waals surface area contributed by atoms with Crippen LogP contribution in [0.25, 0.3) is 0 Å². The molecular formula is C12H21N5OS. The second-order valence-corrected chi connectivity index (χ2v) is 5.82. The van der Waals surface area contributed by atoms with Crippen molar-refractivity contribution in [1.29, 1.82) is 0 Å². The number of nitrogens with two attached hydrogens (primary N) is 1. The van der Waals surface area contributed by atoms with Crippen molar-refractivity contribution in [2.24, 2.45) is 5.73 Å². The number of carbonyl (C=O) groups is 1. The molecule has 7 heteroatoms. The fourth-order valence-electron chi connectivity index (χ4n) is 2.16. The summed E-state index contributed by atoms with van der Waals surface area (Å²) in [6.07, 6.45) is 4.02. The fraction of sp³-hybridized carbons (Fsp3) is 0.750. The molecule has 2 heterocycles. The summed E-state index contributed by atoms with van der Waals surface area (Å²) in [5.41, 5.74) is 5.67. The molecule has 1 fully saturated rings. The van der Waals surface area contributed by atoms with E-state index in [0.29, 0.717) is 6.54 Å². The summed E-state index contributed by atoms with van der Waals surface area (Å²) >= 11 is 1.51. The van der Waals surface area contributed by atoms with E-state index in [2.05, 4.69) is 22.4 Å². The van der Waals surface area contributed by atoms with E-state index in [1.54, 1.807) is 0 Å². The van der Waals surface area contributed by atoms with Crippen LogP contribution in [0.4, 0.5) is 0 Å². The molecule has 0 spiro atoms. The molecule has 1 aromatic rings. The standard InChI is InChI=1S/C12H21N5OS/c1-2-7-17-10(8-13)15-16-12(17)19-9-5-3-4-6-14-11(9)18/h9H,2-8,13H2,1H3,(H,14,18). The number of rotatable bonds is 5. The number of carbonyl (C=O) groups excluding carboxylic acids is 1. The Bertz CT molecular complexity index is 434. The Morgan fingerprint density at radius 3 is 3.05 bits per heavy atom. The molecule has 1 atom stereocenters. The van der Waals surface area contributed by atoms with Crippen molar-refractivity contribution in [3.8, 4) is 0 Å². The minimum atomic E-state index is -0.0621. The summed E-state index contributed by atoms with van der Waals surface area (Å²) in [5.74, 6) is 0.904. The number of hydrogen-bond donors (Lipinski definition) is 2. The second kappa shape index (κ2) is 6.91. The highest BCUT2D eigenvalue weighted by atomic mass is 32.2. The second-order valence-electron chi connectivity index (χ2n) is 4.65. The Morgan fingerprint density at radius 1 is 1.47 bits per heavy atom. The van der Waals surface area contributed by atoms with Crippen molar-refractivity contribution in [1.82, 2.24) is 20.1 Å². The normalized spacial score (nSPS) is 20.1. The lowest BCUT2D eigenvalue weighted by Gasteiger charge is -2.13. The first-order valence-corrected chi connectivity index (χ1v) is 7.70. The number of hydrogen-bond acceptors (Lipinski definition) is 5. The van der Waals surface area contributed by atoms with Crippen LogP contribution in [-0.4, -0.2) is 32.5 Å². The first-order valence-electron chi connectivity index (χ1n) is 6.82. The lowest BCUT2D eigenvalue weighted by Crippen LogP contribution is -2.30. The van der Waals surface area contributed by atoms with Gasteiger partial charge in [0, 0.05) is 13.1 Å². The first kappa shape index (κ1) is 14.3. The van der Waals surface area contributed by atoms with Gasteiger partial charge in [-0.1, -0.05) is 25.1 Å². The molecule has 19 heavy (non-hydrogen) atoms. The number of aromatic nitrogens is 3. The van der Waals surface area contributed by atoms with Crippen LogP contribution in [0.1, 0.15) is 38.4 Å². The van der Waals surface area contributed by atoms with Crippen LogP contribution in [-0.2, 0) is 17.9 Å². The summed E-state index contributed by atoms with van der Waals surface area (Å²) in [6.45, 7) is 4.11. The molecule has 1 aliphatic rings. The van der Waals surface area contributed by atoms with Gasteiger partial charge < -0.3 is 15.6 Å². The molecule has 1 unspecified atom stereocenters. The van der Waals surface area contributed by atoms with Crippen molar-refractivity contribution < 1.29 is 4.79 Å². The Hall–Kier alpha value is -1.08. The third kappa shape index (κ3) is 3.48. The van der Waals surface area contributed by atoms with Crippen molar-refractivity contribution in [3.05, 3.63) is 5.82 Å². The van der Waals surface area contributed by atoms with Crippen LogP contribution < -0.4 is 11.1 Å². The van der Waals surface area contributed by atoms with Gasteiger partial charge in [-0.2, -0.15) is 0 Å². The first-order chi connectivity index (χ1) is 9.26. The van der Waals surface area contributed by atoms with Crippen LogP contribution in [0.3, 0.4) is 0 Å². The van der Waals surface area contributed by atoms with Gasteiger partial charge in [-0.25, -0.2) is 0 Å². The van der Waals surface area contributed by atoms with Crippen LogP contribution in [0.2, 0.25) is 0 Å². The minimum Gasteiger partial charge on any atom is -0.355 e. The zero-order valence-electron chi connectivity index (χ0n) is 11.3. The zero-order valence-corrected chi connectivity index (χ0v) is 12.1. The number of thioether (sulfide) groups is 1. The van der Waals surface area contributed by atoms with Gasteiger partial charge >= 0.3 is 0 Å². The Labute approximate surface area is 117 Å². The molecule has 0 radical (unpaired) electrons. The fourth-order valence-corrected chi connectivity index (χ4v) is 3.30. The van der Waals surface area contributed by atoms with Crippen molar-refractivity contribution in [2.75, 3.05) is 6.54 Å². The van der Waals surface area contributed by atoms with E-state index < -0.39 is 0 Å². The Morgan fingerprint density at radius 2 is 2.32 bits per heavy atom. The predicted molar refractivity (Wildman–Crippen MR) is 74.7 cm³/mol. The average molecular weight is 283 g/mol. The molecule has 1 aliphatic heterocycles. The highest BCUT2D eigenvalue weighted by Gasteiger charge is 2.24. The molecule has 0 aliphatic carbocycles. The van der Waals surface area contributed by atoms with Crippen LogP contribution in [0, 0.1) is 0 Å². The summed E-state index contributed by atoms with van der Waals surface area (Å²) in [7, 11) is 0. The third-order valence-electron chi connectivity index (χ3n) is 3.16. The molecule has 106 valence electrons. The zero-order chi connectivity index (χ0) is 13.7. The van der Waals surface area contributed by atoms with Crippen molar-refractivity contribution in [2.45, 2.75) is 56.1 Å². The van der Waals surface area contributed by atoms with Gasteiger partial charge in [-0.3, -0.25) is 4.79 Å². The van der Waals surface area contributed by atoms with E-state index >= 15 is 0 Å². The molecule has 0 saturated carbocycles. The van der Waals surface area contributed by atoms with E-state index in [0.717, 1.165) is 49.8 Å². The van der Waals surface area contributed by atoms with Gasteiger partial charge in [-0.15, -0.1) is 10.2 Å². The van der Waals surface area contributed by atoms with E-state index in [1.165, 1.54) is 11.8 Å². The lowest BCUT2D eigenvalue weighted by molar-refractivity contribution is -0.120. The maximum atomic E-state index is 12.0. The minimum absolute atomic E-state index is 0.0621.